The van der Waals surface area contributed by atoms with E-state index in [1.807, 2.05) is 0 Å². The smallest absolute Gasteiger partial charge is 0.291 e. The molecule has 0 atom stereocenters. The summed E-state index contributed by atoms with van der Waals surface area (Å²) in [6.45, 7) is 3.93. The van der Waals surface area contributed by atoms with Gasteiger partial charge in [-0.15, -0.1) is 0 Å². The molecule has 1 aromatic carbocycles. The lowest BCUT2D eigenvalue weighted by atomic mass is 10.3. The monoisotopic (exact) mass is 449 g/mol. The van der Waals surface area contributed by atoms with E-state index in [0.29, 0.717) is 0 Å². The molecule has 0 aliphatic heterocycles. The third-order valence-corrected chi connectivity index (χ3v) is 7.67. The first-order valence-corrected chi connectivity index (χ1v) is 11.5. The number of anilines is 1. The highest BCUT2D eigenvalue weighted by molar-refractivity contribution is 7.89. The maximum absolute atomic E-state index is 12.7. The lowest BCUT2D eigenvalue weighted by Crippen LogP contribution is -2.30. The molecule has 0 aliphatic rings. The summed E-state index contributed by atoms with van der Waals surface area (Å²) in [6.07, 6.45) is 0. The number of amides is 1. The zero-order chi connectivity index (χ0) is 21.1. The van der Waals surface area contributed by atoms with Crippen molar-refractivity contribution in [3.63, 3.8) is 0 Å². The summed E-state index contributed by atoms with van der Waals surface area (Å²) in [6, 6.07) is 6.35. The van der Waals surface area contributed by atoms with Crippen LogP contribution in [0.2, 0.25) is 5.02 Å². The first kappa shape index (κ1) is 22.4. The van der Waals surface area contributed by atoms with Crippen LogP contribution in [0.25, 0.3) is 0 Å². The predicted octanol–water partition coefficient (Wildman–Crippen LogP) is 2.12. The SMILES string of the molecule is CCN(CC)S(=O)(=O)c1cc(NC(=O)c2ccc(S(=O)(=O)NC)o2)ccc1Cl. The summed E-state index contributed by atoms with van der Waals surface area (Å²) in [5.74, 6) is -0.997. The van der Waals surface area contributed by atoms with Crippen molar-refractivity contribution in [3.05, 3.63) is 41.1 Å². The molecular weight excluding hydrogens is 430 g/mol. The second-order valence-corrected chi connectivity index (χ2v) is 9.65. The van der Waals surface area contributed by atoms with Crippen molar-refractivity contribution in [3.8, 4) is 0 Å². The number of hydrogen-bond donors (Lipinski definition) is 2. The number of hydrogen-bond acceptors (Lipinski definition) is 6. The maximum atomic E-state index is 12.7. The van der Waals surface area contributed by atoms with Gasteiger partial charge < -0.3 is 9.73 Å². The first-order chi connectivity index (χ1) is 13.1. The number of nitrogens with zero attached hydrogens (tertiary/aromatic N) is 1. The zero-order valence-electron chi connectivity index (χ0n) is 15.4. The number of nitrogens with one attached hydrogen (secondary N) is 2. The fourth-order valence-electron chi connectivity index (χ4n) is 2.36. The van der Waals surface area contributed by atoms with Crippen LogP contribution in [-0.4, -0.2) is 47.2 Å². The standard InChI is InChI=1S/C16H20ClN3O6S2/c1-4-20(5-2)28(24,25)14-10-11(6-7-12(14)17)19-16(21)13-8-9-15(26-13)27(22,23)18-3/h6-10,18H,4-5H2,1-3H3,(H,19,21). The number of rotatable bonds is 8. The number of sulfonamides is 2. The number of carbonyl (C=O) groups excluding carboxylic acids is 1. The highest BCUT2D eigenvalue weighted by atomic mass is 35.5. The molecule has 0 fully saturated rings. The van der Waals surface area contributed by atoms with Crippen LogP contribution in [0.3, 0.4) is 0 Å². The summed E-state index contributed by atoms with van der Waals surface area (Å²) >= 11 is 6.05. The van der Waals surface area contributed by atoms with E-state index >= 15 is 0 Å². The van der Waals surface area contributed by atoms with Gasteiger partial charge in [0.1, 0.15) is 4.90 Å². The van der Waals surface area contributed by atoms with Crippen LogP contribution in [0, 0.1) is 0 Å². The molecule has 0 saturated heterocycles. The van der Waals surface area contributed by atoms with Gasteiger partial charge in [-0.25, -0.2) is 21.6 Å². The van der Waals surface area contributed by atoms with Gasteiger partial charge in [-0.05, 0) is 37.4 Å². The third kappa shape index (κ3) is 4.55. The molecule has 12 heteroatoms. The lowest BCUT2D eigenvalue weighted by molar-refractivity contribution is 0.0991. The van der Waals surface area contributed by atoms with E-state index in [2.05, 4.69) is 10.0 Å². The Kier molecular flexibility index (Phi) is 6.88. The molecule has 1 heterocycles. The molecule has 154 valence electrons. The van der Waals surface area contributed by atoms with Crippen molar-refractivity contribution < 1.29 is 26.0 Å². The molecule has 0 saturated carbocycles. The fraction of sp³-hybridized carbons (Fsp3) is 0.312. The first-order valence-electron chi connectivity index (χ1n) is 8.21. The zero-order valence-corrected chi connectivity index (χ0v) is 17.8. The normalized spacial score (nSPS) is 12.3. The third-order valence-electron chi connectivity index (χ3n) is 3.85. The van der Waals surface area contributed by atoms with Gasteiger partial charge in [-0.2, -0.15) is 4.31 Å². The Morgan fingerprint density at radius 3 is 2.32 bits per heavy atom. The predicted molar refractivity (Wildman–Crippen MR) is 104 cm³/mol. The Balaban J connectivity index is 2.32. The molecule has 2 aromatic rings. The van der Waals surface area contributed by atoms with Crippen molar-refractivity contribution >= 4 is 43.2 Å². The van der Waals surface area contributed by atoms with E-state index < -0.39 is 31.0 Å². The Labute approximate surface area is 168 Å². The van der Waals surface area contributed by atoms with Crippen molar-refractivity contribution in [1.82, 2.24) is 9.03 Å². The Hall–Kier alpha value is -1.92. The molecule has 28 heavy (non-hydrogen) atoms. The number of carbonyl (C=O) groups is 1. The molecule has 1 aromatic heterocycles. The van der Waals surface area contributed by atoms with Gasteiger partial charge in [0.05, 0.1) is 5.02 Å². The molecule has 2 N–H and O–H groups in total. The Morgan fingerprint density at radius 1 is 1.11 bits per heavy atom. The van der Waals surface area contributed by atoms with Gasteiger partial charge in [-0.3, -0.25) is 4.79 Å². The molecule has 0 radical (unpaired) electrons. The van der Waals surface area contributed by atoms with Crippen molar-refractivity contribution in [2.45, 2.75) is 23.8 Å². The molecule has 1 amide bonds. The molecule has 0 unspecified atom stereocenters. The van der Waals surface area contributed by atoms with Gasteiger partial charge in [0.25, 0.3) is 15.9 Å². The van der Waals surface area contributed by atoms with Gasteiger partial charge in [-0.1, -0.05) is 25.4 Å². The summed E-state index contributed by atoms with van der Waals surface area (Å²) < 4.78 is 57.1. The molecule has 0 spiro atoms. The van der Waals surface area contributed by atoms with Crippen molar-refractivity contribution in [1.29, 1.82) is 0 Å². The van der Waals surface area contributed by atoms with Crippen LogP contribution in [0.1, 0.15) is 24.4 Å². The van der Waals surface area contributed by atoms with Crippen LogP contribution >= 0.6 is 11.6 Å². The van der Waals surface area contributed by atoms with Gasteiger partial charge in [0.15, 0.2) is 5.76 Å². The number of furan rings is 1. The average molecular weight is 450 g/mol. The van der Waals surface area contributed by atoms with E-state index in [9.17, 15) is 21.6 Å². The fourth-order valence-corrected chi connectivity index (χ4v) is 4.97. The van der Waals surface area contributed by atoms with Crippen molar-refractivity contribution in [2.24, 2.45) is 0 Å². The minimum Gasteiger partial charge on any atom is -0.438 e. The second kappa shape index (κ2) is 8.62. The maximum Gasteiger partial charge on any atom is 0.291 e. The molecular formula is C16H20ClN3O6S2. The average Bonchev–Trinajstić information content (AvgIpc) is 3.15. The molecule has 0 aliphatic carbocycles. The van der Waals surface area contributed by atoms with E-state index in [1.165, 1.54) is 35.6 Å². The van der Waals surface area contributed by atoms with E-state index in [4.69, 9.17) is 16.0 Å². The number of halogens is 1. The van der Waals surface area contributed by atoms with Crippen LogP contribution in [-0.2, 0) is 20.0 Å². The van der Waals surface area contributed by atoms with Crippen molar-refractivity contribution in [2.75, 3.05) is 25.5 Å². The minimum atomic E-state index is -3.83. The lowest BCUT2D eigenvalue weighted by Gasteiger charge is -2.19. The van der Waals surface area contributed by atoms with Gasteiger partial charge in [0, 0.05) is 18.8 Å². The van der Waals surface area contributed by atoms with Gasteiger partial charge in [0.2, 0.25) is 15.1 Å². The van der Waals surface area contributed by atoms with Crippen LogP contribution < -0.4 is 10.0 Å². The summed E-state index contributed by atoms with van der Waals surface area (Å²) in [5, 5.41) is 2.07. The quantitative estimate of drug-likeness (QED) is 0.635. The second-order valence-electron chi connectivity index (χ2n) is 5.51. The molecule has 0 bridgehead atoms. The Bertz CT molecular complexity index is 1080. The highest BCUT2D eigenvalue weighted by Gasteiger charge is 2.25. The Morgan fingerprint density at radius 2 is 1.75 bits per heavy atom. The van der Waals surface area contributed by atoms with E-state index in [1.54, 1.807) is 13.8 Å². The molecule has 9 nitrogen and oxygen atoms in total. The number of benzene rings is 1. The van der Waals surface area contributed by atoms with Crippen LogP contribution in [0.5, 0.6) is 0 Å². The van der Waals surface area contributed by atoms with E-state index in [-0.39, 0.29) is 34.5 Å². The molecule has 2 rings (SSSR count). The van der Waals surface area contributed by atoms with E-state index in [0.717, 1.165) is 6.07 Å². The largest absolute Gasteiger partial charge is 0.438 e. The summed E-state index contributed by atoms with van der Waals surface area (Å²) in [4.78, 5) is 12.2. The topological polar surface area (TPSA) is 126 Å². The van der Waals surface area contributed by atoms with Gasteiger partial charge >= 0.3 is 0 Å². The summed E-state index contributed by atoms with van der Waals surface area (Å²) in [7, 11) is -6.45. The minimum absolute atomic E-state index is 0.0188. The highest BCUT2D eigenvalue weighted by Crippen LogP contribution is 2.28. The summed E-state index contributed by atoms with van der Waals surface area (Å²) in [5.41, 5.74) is 0.162. The van der Waals surface area contributed by atoms with Crippen LogP contribution in [0.4, 0.5) is 5.69 Å². The van der Waals surface area contributed by atoms with Crippen LogP contribution in [0.15, 0.2) is 44.7 Å².